The monoisotopic (exact) mass is 689 g/mol. The molecular formula is C49H31N5. The van der Waals surface area contributed by atoms with Gasteiger partial charge in [-0.05, 0) is 40.8 Å². The van der Waals surface area contributed by atoms with Crippen molar-refractivity contribution in [2.24, 2.45) is 0 Å². The van der Waals surface area contributed by atoms with Crippen molar-refractivity contribution >= 4 is 32.6 Å². The van der Waals surface area contributed by atoms with Crippen LogP contribution >= 0.6 is 0 Å². The Labute approximate surface area is 312 Å². The quantitative estimate of drug-likeness (QED) is 0.163. The van der Waals surface area contributed by atoms with Gasteiger partial charge in [-0.3, -0.25) is 0 Å². The summed E-state index contributed by atoms with van der Waals surface area (Å²) in [6.45, 7) is 0. The Bertz CT molecular complexity index is 2980. The SMILES string of the molecule is c1ccc(-c2cccc(-c3nc(-c4ccccc4)nc(-c4cccc(-c5nc6ccccc6c6ccc7ccc(-c8ccccc8)nc7c56)c4)n3)c2)cc1. The van der Waals surface area contributed by atoms with Gasteiger partial charge in [0.15, 0.2) is 17.5 Å². The van der Waals surface area contributed by atoms with Gasteiger partial charge in [0.1, 0.15) is 0 Å². The highest BCUT2D eigenvalue weighted by Crippen LogP contribution is 2.38. The minimum Gasteiger partial charge on any atom is -0.247 e. The maximum absolute atomic E-state index is 5.34. The molecule has 7 aromatic carbocycles. The number of nitrogens with zero attached hydrogens (tertiary/aromatic N) is 5. The van der Waals surface area contributed by atoms with Gasteiger partial charge in [-0.25, -0.2) is 24.9 Å². The van der Waals surface area contributed by atoms with Crippen LogP contribution in [0.2, 0.25) is 0 Å². The van der Waals surface area contributed by atoms with Gasteiger partial charge < -0.3 is 0 Å². The molecule has 0 amide bonds. The molecule has 54 heavy (non-hydrogen) atoms. The van der Waals surface area contributed by atoms with E-state index in [9.17, 15) is 0 Å². The van der Waals surface area contributed by atoms with E-state index in [1.165, 1.54) is 0 Å². The first-order chi connectivity index (χ1) is 26.7. The molecule has 0 spiro atoms. The molecule has 0 aliphatic heterocycles. The minimum absolute atomic E-state index is 0.588. The van der Waals surface area contributed by atoms with Crippen molar-refractivity contribution in [3.8, 4) is 67.8 Å². The van der Waals surface area contributed by atoms with Crippen LogP contribution in [0.15, 0.2) is 188 Å². The molecule has 0 N–H and O–H groups in total. The molecule has 5 heteroatoms. The maximum atomic E-state index is 5.34. The Kier molecular flexibility index (Phi) is 7.73. The molecule has 0 saturated heterocycles. The number of aromatic nitrogens is 5. The highest BCUT2D eigenvalue weighted by atomic mass is 15.0. The van der Waals surface area contributed by atoms with E-state index in [1.54, 1.807) is 0 Å². The van der Waals surface area contributed by atoms with Crippen molar-refractivity contribution in [3.63, 3.8) is 0 Å². The molecule has 3 aromatic heterocycles. The first kappa shape index (κ1) is 31.4. The van der Waals surface area contributed by atoms with Crippen LogP contribution in [0, 0.1) is 0 Å². The average molecular weight is 690 g/mol. The fourth-order valence-electron chi connectivity index (χ4n) is 7.23. The second-order valence-electron chi connectivity index (χ2n) is 13.3. The normalized spacial score (nSPS) is 11.3. The zero-order chi connectivity index (χ0) is 35.8. The van der Waals surface area contributed by atoms with Crippen LogP contribution in [0.5, 0.6) is 0 Å². The third-order valence-corrected chi connectivity index (χ3v) is 9.88. The Morgan fingerprint density at radius 1 is 0.296 bits per heavy atom. The summed E-state index contributed by atoms with van der Waals surface area (Å²) in [6, 6.07) is 64.5. The molecule has 10 aromatic rings. The van der Waals surface area contributed by atoms with Crippen LogP contribution in [-0.2, 0) is 0 Å². The van der Waals surface area contributed by atoms with Crippen molar-refractivity contribution in [1.29, 1.82) is 0 Å². The molecule has 10 rings (SSSR count). The molecule has 0 radical (unpaired) electrons. The zero-order valence-corrected chi connectivity index (χ0v) is 29.1. The number of hydrogen-bond acceptors (Lipinski definition) is 5. The fourth-order valence-corrected chi connectivity index (χ4v) is 7.23. The molecule has 0 atom stereocenters. The largest absolute Gasteiger partial charge is 0.247 e. The molecule has 3 heterocycles. The predicted molar refractivity (Wildman–Crippen MR) is 221 cm³/mol. The summed E-state index contributed by atoms with van der Waals surface area (Å²) in [5.41, 5.74) is 10.6. The molecule has 0 fully saturated rings. The van der Waals surface area contributed by atoms with Crippen molar-refractivity contribution in [2.45, 2.75) is 0 Å². The highest BCUT2D eigenvalue weighted by molar-refractivity contribution is 6.20. The molecular weight excluding hydrogens is 659 g/mol. The van der Waals surface area contributed by atoms with Gasteiger partial charge in [0.25, 0.3) is 0 Å². The van der Waals surface area contributed by atoms with Crippen LogP contribution in [0.1, 0.15) is 0 Å². The lowest BCUT2D eigenvalue weighted by Gasteiger charge is -2.14. The van der Waals surface area contributed by atoms with Crippen molar-refractivity contribution in [3.05, 3.63) is 188 Å². The third kappa shape index (κ3) is 5.74. The van der Waals surface area contributed by atoms with Crippen LogP contribution in [-0.4, -0.2) is 24.9 Å². The molecule has 0 unspecified atom stereocenters. The van der Waals surface area contributed by atoms with Gasteiger partial charge in [0, 0.05) is 44.0 Å². The summed E-state index contributed by atoms with van der Waals surface area (Å²) in [4.78, 5) is 25.8. The van der Waals surface area contributed by atoms with Crippen LogP contribution in [0.4, 0.5) is 0 Å². The highest BCUT2D eigenvalue weighted by Gasteiger charge is 2.18. The average Bonchev–Trinajstić information content (AvgIpc) is 3.26. The van der Waals surface area contributed by atoms with E-state index >= 15 is 0 Å². The number of fused-ring (bicyclic) bond motifs is 5. The summed E-state index contributed by atoms with van der Waals surface area (Å²) in [7, 11) is 0. The Morgan fingerprint density at radius 3 is 1.52 bits per heavy atom. The lowest BCUT2D eigenvalue weighted by atomic mass is 9.96. The molecule has 5 nitrogen and oxygen atoms in total. The second-order valence-corrected chi connectivity index (χ2v) is 13.3. The molecule has 0 aliphatic rings. The Morgan fingerprint density at radius 2 is 0.815 bits per heavy atom. The third-order valence-electron chi connectivity index (χ3n) is 9.88. The molecule has 252 valence electrons. The number of hydrogen-bond donors (Lipinski definition) is 0. The van der Waals surface area contributed by atoms with Crippen LogP contribution < -0.4 is 0 Å². The summed E-state index contributed by atoms with van der Waals surface area (Å²) in [6.07, 6.45) is 0. The Hall–Kier alpha value is -7.37. The smallest absolute Gasteiger partial charge is 0.164 e. The summed E-state index contributed by atoms with van der Waals surface area (Å²) in [5.74, 6) is 1.81. The number of para-hydroxylation sites is 1. The lowest BCUT2D eigenvalue weighted by Crippen LogP contribution is -2.00. The second kappa shape index (κ2) is 13.3. The molecule has 0 aliphatic carbocycles. The minimum atomic E-state index is 0.588. The standard InChI is InChI=1S/C49H31N5/c1-4-14-32(15-5-1)36-20-12-22-38(30-36)48-52-47(35-18-8-3-9-19-35)53-49(54-48)39-23-13-21-37(31-39)46-44-41(40-24-10-11-25-43(40)51-46)28-26-34-27-29-42(50-45(34)44)33-16-6-2-7-17-33/h1-31H. The molecule has 0 bridgehead atoms. The van der Waals surface area contributed by atoms with Crippen molar-refractivity contribution < 1.29 is 0 Å². The van der Waals surface area contributed by atoms with Gasteiger partial charge in [-0.2, -0.15) is 0 Å². The van der Waals surface area contributed by atoms with Crippen LogP contribution in [0.3, 0.4) is 0 Å². The maximum Gasteiger partial charge on any atom is 0.164 e. The van der Waals surface area contributed by atoms with Gasteiger partial charge in [-0.1, -0.05) is 164 Å². The van der Waals surface area contributed by atoms with Gasteiger partial charge in [0.05, 0.1) is 22.4 Å². The first-order valence-corrected chi connectivity index (χ1v) is 18.0. The Balaban J connectivity index is 1.18. The topological polar surface area (TPSA) is 64.5 Å². The first-order valence-electron chi connectivity index (χ1n) is 18.0. The zero-order valence-electron chi connectivity index (χ0n) is 29.1. The van der Waals surface area contributed by atoms with E-state index in [1.807, 2.05) is 60.7 Å². The van der Waals surface area contributed by atoms with Crippen LogP contribution in [0.25, 0.3) is 100 Å². The predicted octanol–water partition coefficient (Wildman–Crippen LogP) is 12.1. The van der Waals surface area contributed by atoms with E-state index < -0.39 is 0 Å². The van der Waals surface area contributed by atoms with E-state index in [-0.39, 0.29) is 0 Å². The van der Waals surface area contributed by atoms with Crippen molar-refractivity contribution in [2.75, 3.05) is 0 Å². The lowest BCUT2D eigenvalue weighted by molar-refractivity contribution is 1.07. The van der Waals surface area contributed by atoms with E-state index in [4.69, 9.17) is 24.9 Å². The van der Waals surface area contributed by atoms with E-state index in [0.29, 0.717) is 17.5 Å². The van der Waals surface area contributed by atoms with Gasteiger partial charge in [0.2, 0.25) is 0 Å². The number of benzene rings is 7. The van der Waals surface area contributed by atoms with E-state index in [2.05, 4.69) is 127 Å². The number of rotatable bonds is 6. The van der Waals surface area contributed by atoms with Gasteiger partial charge >= 0.3 is 0 Å². The molecule has 0 saturated carbocycles. The van der Waals surface area contributed by atoms with Crippen molar-refractivity contribution in [1.82, 2.24) is 24.9 Å². The summed E-state index contributed by atoms with van der Waals surface area (Å²) < 4.78 is 0. The summed E-state index contributed by atoms with van der Waals surface area (Å²) in [5, 5.41) is 4.27. The van der Waals surface area contributed by atoms with E-state index in [0.717, 1.165) is 82.9 Å². The summed E-state index contributed by atoms with van der Waals surface area (Å²) >= 11 is 0. The fraction of sp³-hybridized carbons (Fsp3) is 0. The number of pyridine rings is 2. The van der Waals surface area contributed by atoms with Gasteiger partial charge in [-0.15, -0.1) is 0 Å².